The first kappa shape index (κ1) is 12.9. The van der Waals surface area contributed by atoms with Crippen LogP contribution in [0.5, 0.6) is 0 Å². The summed E-state index contributed by atoms with van der Waals surface area (Å²) in [7, 11) is 1.37. The van der Waals surface area contributed by atoms with Crippen LogP contribution in [-0.4, -0.2) is 44.3 Å². The zero-order valence-electron chi connectivity index (χ0n) is 10.8. The van der Waals surface area contributed by atoms with Gasteiger partial charge in [-0.3, -0.25) is 4.79 Å². The second kappa shape index (κ2) is 4.75. The first-order valence-corrected chi connectivity index (χ1v) is 6.58. The zero-order valence-corrected chi connectivity index (χ0v) is 10.8. The molecular weight excluding hydrogens is 250 g/mol. The number of carbonyl (C=O) groups is 1. The van der Waals surface area contributed by atoms with Crippen LogP contribution in [0, 0.1) is 23.2 Å². The molecule has 0 aromatic heterocycles. The summed E-state index contributed by atoms with van der Waals surface area (Å²) < 4.78 is 22.1. The Morgan fingerprint density at radius 1 is 1.47 bits per heavy atom. The molecule has 6 nitrogen and oxygen atoms in total. The lowest BCUT2D eigenvalue weighted by molar-refractivity contribution is -0.193. The molecule has 6 heteroatoms. The first-order chi connectivity index (χ1) is 9.23. The fourth-order valence-electron chi connectivity index (χ4n) is 3.70. The number of rotatable bonds is 3. The van der Waals surface area contributed by atoms with Crippen LogP contribution in [0.25, 0.3) is 0 Å². The number of fused-ring (bicyclic) bond motifs is 2. The highest BCUT2D eigenvalue weighted by Gasteiger charge is 2.66. The van der Waals surface area contributed by atoms with E-state index in [1.807, 2.05) is 0 Å². The molecule has 4 atom stereocenters. The Labute approximate surface area is 111 Å². The normalized spacial score (nSPS) is 41.4. The summed E-state index contributed by atoms with van der Waals surface area (Å²) in [6, 6.07) is 2.15. The highest BCUT2D eigenvalue weighted by atomic mass is 16.7. The molecule has 19 heavy (non-hydrogen) atoms. The van der Waals surface area contributed by atoms with Gasteiger partial charge < -0.3 is 18.9 Å². The van der Waals surface area contributed by atoms with Gasteiger partial charge in [0.05, 0.1) is 38.4 Å². The third-order valence-electron chi connectivity index (χ3n) is 4.46. The van der Waals surface area contributed by atoms with E-state index in [0.29, 0.717) is 13.2 Å². The quantitative estimate of drug-likeness (QED) is 0.697. The standard InChI is InChI=1S/C13H17NO5/c1-16-11(15)10-8(3-5-14)13(4-2-9(10)19-13)12-17-6-7-18-12/h8-10,12H,2-4,6-7H2,1H3/t8-,9+,10+,13-/m1/s1. The second-order valence-corrected chi connectivity index (χ2v) is 5.24. The Bertz CT molecular complexity index is 414. The number of hydrogen-bond donors (Lipinski definition) is 0. The fraction of sp³-hybridized carbons (Fsp3) is 0.846. The lowest BCUT2D eigenvalue weighted by Crippen LogP contribution is -2.49. The van der Waals surface area contributed by atoms with E-state index >= 15 is 0 Å². The van der Waals surface area contributed by atoms with Crippen molar-refractivity contribution in [2.75, 3.05) is 20.3 Å². The van der Waals surface area contributed by atoms with Gasteiger partial charge in [-0.1, -0.05) is 0 Å². The number of nitrogens with zero attached hydrogens (tertiary/aromatic N) is 1. The highest BCUT2D eigenvalue weighted by Crippen LogP contribution is 2.55. The van der Waals surface area contributed by atoms with Crippen molar-refractivity contribution in [1.82, 2.24) is 0 Å². The van der Waals surface area contributed by atoms with Gasteiger partial charge in [-0.25, -0.2) is 0 Å². The lowest BCUT2D eigenvalue weighted by atomic mass is 9.70. The van der Waals surface area contributed by atoms with E-state index < -0.39 is 11.9 Å². The van der Waals surface area contributed by atoms with Crippen LogP contribution >= 0.6 is 0 Å². The summed E-state index contributed by atoms with van der Waals surface area (Å²) in [5.41, 5.74) is -0.657. The van der Waals surface area contributed by atoms with Crippen LogP contribution in [0.3, 0.4) is 0 Å². The molecule has 0 radical (unpaired) electrons. The van der Waals surface area contributed by atoms with Gasteiger partial charge in [0.25, 0.3) is 0 Å². The van der Waals surface area contributed by atoms with Crippen molar-refractivity contribution in [2.24, 2.45) is 11.8 Å². The topological polar surface area (TPSA) is 77.8 Å². The van der Waals surface area contributed by atoms with Crippen molar-refractivity contribution in [2.45, 2.75) is 37.3 Å². The van der Waals surface area contributed by atoms with Crippen LogP contribution in [-0.2, 0) is 23.7 Å². The van der Waals surface area contributed by atoms with Gasteiger partial charge in [0.2, 0.25) is 0 Å². The molecular formula is C13H17NO5. The number of esters is 1. The largest absolute Gasteiger partial charge is 0.469 e. The molecule has 0 unspecified atom stereocenters. The number of carbonyl (C=O) groups excluding carboxylic acids is 1. The average molecular weight is 267 g/mol. The predicted molar refractivity (Wildman–Crippen MR) is 61.8 cm³/mol. The predicted octanol–water partition coefficient (Wildman–Crippen LogP) is 0.610. The minimum atomic E-state index is -0.657. The summed E-state index contributed by atoms with van der Waals surface area (Å²) in [5.74, 6) is -0.900. The van der Waals surface area contributed by atoms with Gasteiger partial charge in [-0.05, 0) is 12.8 Å². The van der Waals surface area contributed by atoms with Crippen molar-refractivity contribution in [3.8, 4) is 6.07 Å². The summed E-state index contributed by atoms with van der Waals surface area (Å²) >= 11 is 0. The molecule has 3 rings (SSSR count). The molecule has 3 aliphatic heterocycles. The molecule has 0 aromatic rings. The molecule has 0 aromatic carbocycles. The molecule has 0 spiro atoms. The maximum Gasteiger partial charge on any atom is 0.311 e. The summed E-state index contributed by atoms with van der Waals surface area (Å²) in [5, 5.41) is 9.05. The fourth-order valence-corrected chi connectivity index (χ4v) is 3.70. The smallest absolute Gasteiger partial charge is 0.311 e. The van der Waals surface area contributed by atoms with E-state index in [1.165, 1.54) is 7.11 Å². The van der Waals surface area contributed by atoms with E-state index in [4.69, 9.17) is 24.2 Å². The number of nitriles is 1. The van der Waals surface area contributed by atoms with Crippen molar-refractivity contribution in [3.05, 3.63) is 0 Å². The van der Waals surface area contributed by atoms with E-state index in [1.54, 1.807) is 0 Å². The van der Waals surface area contributed by atoms with Gasteiger partial charge in [0.15, 0.2) is 6.29 Å². The van der Waals surface area contributed by atoms with Crippen molar-refractivity contribution >= 4 is 5.97 Å². The Morgan fingerprint density at radius 3 is 2.84 bits per heavy atom. The average Bonchev–Trinajstić information content (AvgIpc) is 3.12. The van der Waals surface area contributed by atoms with Crippen LogP contribution in [0.4, 0.5) is 0 Å². The second-order valence-electron chi connectivity index (χ2n) is 5.24. The van der Waals surface area contributed by atoms with E-state index in [2.05, 4.69) is 6.07 Å². The Morgan fingerprint density at radius 2 is 2.21 bits per heavy atom. The molecule has 0 N–H and O–H groups in total. The van der Waals surface area contributed by atoms with Crippen molar-refractivity contribution in [3.63, 3.8) is 0 Å². The van der Waals surface area contributed by atoms with Gasteiger partial charge in [0, 0.05) is 12.3 Å². The molecule has 3 aliphatic rings. The SMILES string of the molecule is COC(=O)[C@@H]1[C@@H]2CC[C@@](C3OCCO3)(O2)[C@@H]1CC#N. The minimum Gasteiger partial charge on any atom is -0.469 e. The third kappa shape index (κ3) is 1.76. The van der Waals surface area contributed by atoms with Crippen molar-refractivity contribution < 1.29 is 23.7 Å². The molecule has 3 saturated heterocycles. The highest BCUT2D eigenvalue weighted by molar-refractivity contribution is 5.74. The summed E-state index contributed by atoms with van der Waals surface area (Å²) in [6.45, 7) is 1.06. The molecule has 0 amide bonds. The van der Waals surface area contributed by atoms with Crippen LogP contribution < -0.4 is 0 Å². The van der Waals surface area contributed by atoms with Crippen LogP contribution in [0.1, 0.15) is 19.3 Å². The van der Waals surface area contributed by atoms with E-state index in [0.717, 1.165) is 12.8 Å². The maximum atomic E-state index is 12.0. The molecule has 3 heterocycles. The lowest BCUT2D eigenvalue weighted by Gasteiger charge is -2.37. The van der Waals surface area contributed by atoms with Crippen molar-refractivity contribution in [1.29, 1.82) is 5.26 Å². The van der Waals surface area contributed by atoms with E-state index in [-0.39, 0.29) is 30.3 Å². The Kier molecular flexibility index (Phi) is 3.21. The number of hydrogen-bond acceptors (Lipinski definition) is 6. The van der Waals surface area contributed by atoms with Crippen LogP contribution in [0.2, 0.25) is 0 Å². The third-order valence-corrected chi connectivity index (χ3v) is 4.46. The number of methoxy groups -OCH3 is 1. The summed E-state index contributed by atoms with van der Waals surface area (Å²) in [6.07, 6.45) is 1.15. The maximum absolute atomic E-state index is 12.0. The molecule has 2 bridgehead atoms. The molecule has 0 saturated carbocycles. The monoisotopic (exact) mass is 267 g/mol. The van der Waals surface area contributed by atoms with Gasteiger partial charge >= 0.3 is 5.97 Å². The van der Waals surface area contributed by atoms with Gasteiger partial charge in [-0.15, -0.1) is 0 Å². The molecule has 3 fully saturated rings. The van der Waals surface area contributed by atoms with Gasteiger partial charge in [-0.2, -0.15) is 5.26 Å². The Hall–Kier alpha value is -1.16. The van der Waals surface area contributed by atoms with E-state index in [9.17, 15) is 4.79 Å². The van der Waals surface area contributed by atoms with Gasteiger partial charge in [0.1, 0.15) is 5.60 Å². The minimum absolute atomic E-state index is 0.182. The number of ether oxygens (including phenoxy) is 4. The summed E-state index contributed by atoms with van der Waals surface area (Å²) in [4.78, 5) is 12.0. The zero-order chi connectivity index (χ0) is 13.5. The first-order valence-electron chi connectivity index (χ1n) is 6.58. The van der Waals surface area contributed by atoms with Crippen LogP contribution in [0.15, 0.2) is 0 Å². The molecule has 104 valence electrons. The molecule has 0 aliphatic carbocycles. The Balaban J connectivity index is 1.91.